The zero-order chi connectivity index (χ0) is 20.5. The number of benzene rings is 2. The quantitative estimate of drug-likeness (QED) is 0.465. The zero-order valence-electron chi connectivity index (χ0n) is 16.2. The lowest BCUT2D eigenvalue weighted by Crippen LogP contribution is -2.27. The molecule has 28 heavy (non-hydrogen) atoms. The molecule has 6 heteroatoms. The molecule has 3 rings (SSSR count). The molecule has 1 saturated heterocycles. The Morgan fingerprint density at radius 3 is 2.50 bits per heavy atom. The second-order valence-electron chi connectivity index (χ2n) is 7.68. The molecule has 0 spiro atoms. The van der Waals surface area contributed by atoms with Crippen molar-refractivity contribution in [3.63, 3.8) is 0 Å². The van der Waals surface area contributed by atoms with Crippen LogP contribution in [0.4, 0.5) is 5.69 Å². The normalized spacial score (nSPS) is 17.1. The van der Waals surface area contributed by atoms with E-state index in [1.807, 2.05) is 12.1 Å². The smallest absolute Gasteiger partial charge is 0.316 e. The van der Waals surface area contributed by atoms with Gasteiger partial charge in [0.15, 0.2) is 0 Å². The SMILES string of the molecule is CCC(C)(C)c1ccc(OC(=O)[C@@H]2CC(=O)N(c3cc(Cl)ccc3Cl)C2)cc1. The first-order valence-electron chi connectivity index (χ1n) is 9.29. The van der Waals surface area contributed by atoms with Gasteiger partial charge in [-0.3, -0.25) is 9.59 Å². The van der Waals surface area contributed by atoms with Crippen LogP contribution in [0, 0.1) is 5.92 Å². The van der Waals surface area contributed by atoms with E-state index in [-0.39, 0.29) is 24.3 Å². The molecule has 0 saturated carbocycles. The lowest BCUT2D eigenvalue weighted by Gasteiger charge is -2.23. The second-order valence-corrected chi connectivity index (χ2v) is 8.53. The predicted octanol–water partition coefficient (Wildman–Crippen LogP) is 5.64. The van der Waals surface area contributed by atoms with Gasteiger partial charge in [-0.1, -0.05) is 56.1 Å². The van der Waals surface area contributed by atoms with Crippen LogP contribution in [0.15, 0.2) is 42.5 Å². The Hall–Kier alpha value is -2.04. The van der Waals surface area contributed by atoms with Crippen LogP contribution in [-0.4, -0.2) is 18.4 Å². The highest BCUT2D eigenvalue weighted by Gasteiger charge is 2.37. The van der Waals surface area contributed by atoms with Crippen LogP contribution < -0.4 is 9.64 Å². The second kappa shape index (κ2) is 8.14. The summed E-state index contributed by atoms with van der Waals surface area (Å²) in [6, 6.07) is 12.5. The van der Waals surface area contributed by atoms with E-state index in [9.17, 15) is 9.59 Å². The minimum Gasteiger partial charge on any atom is -0.426 e. The standard InChI is InChI=1S/C22H23Cl2NO3/c1-4-22(2,3)15-5-8-17(9-6-15)28-21(27)14-11-20(26)25(13-14)19-12-16(23)7-10-18(19)24/h5-10,12,14H,4,11,13H2,1-3H3/t14-/m1/s1. The maximum absolute atomic E-state index is 12.6. The lowest BCUT2D eigenvalue weighted by molar-refractivity contribution is -0.139. The first-order chi connectivity index (χ1) is 13.2. The average Bonchev–Trinajstić information content (AvgIpc) is 3.06. The number of halogens is 2. The number of rotatable bonds is 5. The Morgan fingerprint density at radius 1 is 1.18 bits per heavy atom. The summed E-state index contributed by atoms with van der Waals surface area (Å²) in [5, 5.41) is 0.897. The van der Waals surface area contributed by atoms with Crippen molar-refractivity contribution in [2.45, 2.75) is 39.0 Å². The number of amides is 1. The van der Waals surface area contributed by atoms with E-state index in [4.69, 9.17) is 27.9 Å². The molecule has 0 unspecified atom stereocenters. The Kier molecular flexibility index (Phi) is 6.01. The number of carbonyl (C=O) groups is 2. The molecule has 1 heterocycles. The minimum atomic E-state index is -0.547. The van der Waals surface area contributed by atoms with E-state index in [0.29, 0.717) is 21.5 Å². The number of nitrogens with zero attached hydrogens (tertiary/aromatic N) is 1. The number of hydrogen-bond acceptors (Lipinski definition) is 3. The number of hydrogen-bond donors (Lipinski definition) is 0. The third kappa shape index (κ3) is 4.34. The summed E-state index contributed by atoms with van der Waals surface area (Å²) in [7, 11) is 0. The fourth-order valence-corrected chi connectivity index (χ4v) is 3.55. The number of esters is 1. The van der Waals surface area contributed by atoms with Gasteiger partial charge in [0.25, 0.3) is 0 Å². The van der Waals surface area contributed by atoms with E-state index in [1.165, 1.54) is 10.5 Å². The topological polar surface area (TPSA) is 46.6 Å². The predicted molar refractivity (Wildman–Crippen MR) is 112 cm³/mol. The number of carbonyl (C=O) groups excluding carboxylic acids is 2. The van der Waals surface area contributed by atoms with Gasteiger partial charge in [-0.05, 0) is 47.7 Å². The molecular weight excluding hydrogens is 397 g/mol. The summed E-state index contributed by atoms with van der Waals surface area (Å²) in [6.45, 7) is 6.71. The Labute approximate surface area is 175 Å². The minimum absolute atomic E-state index is 0.0666. The van der Waals surface area contributed by atoms with Gasteiger partial charge in [-0.25, -0.2) is 0 Å². The van der Waals surface area contributed by atoms with Gasteiger partial charge in [0.1, 0.15) is 5.75 Å². The van der Waals surface area contributed by atoms with Crippen molar-refractivity contribution < 1.29 is 14.3 Å². The number of ether oxygens (including phenoxy) is 1. The molecule has 0 aromatic heterocycles. The highest BCUT2D eigenvalue weighted by molar-refractivity contribution is 6.35. The summed E-state index contributed by atoms with van der Waals surface area (Å²) in [5.41, 5.74) is 1.77. The van der Waals surface area contributed by atoms with Crippen molar-refractivity contribution in [1.82, 2.24) is 0 Å². The van der Waals surface area contributed by atoms with E-state index in [0.717, 1.165) is 6.42 Å². The van der Waals surface area contributed by atoms with Crippen molar-refractivity contribution in [3.05, 3.63) is 58.1 Å². The first-order valence-corrected chi connectivity index (χ1v) is 10.0. The van der Waals surface area contributed by atoms with Crippen molar-refractivity contribution in [2.75, 3.05) is 11.4 Å². The molecule has 0 N–H and O–H groups in total. The van der Waals surface area contributed by atoms with Crippen LogP contribution in [0.3, 0.4) is 0 Å². The molecule has 1 aliphatic heterocycles. The molecule has 148 valence electrons. The maximum Gasteiger partial charge on any atom is 0.316 e. The van der Waals surface area contributed by atoms with Gasteiger partial charge >= 0.3 is 5.97 Å². The zero-order valence-corrected chi connectivity index (χ0v) is 17.7. The molecule has 2 aromatic rings. The molecule has 1 fully saturated rings. The van der Waals surface area contributed by atoms with Crippen LogP contribution in [0.1, 0.15) is 39.2 Å². The van der Waals surface area contributed by atoms with Crippen molar-refractivity contribution in [1.29, 1.82) is 0 Å². The molecule has 0 radical (unpaired) electrons. The molecule has 1 atom stereocenters. The van der Waals surface area contributed by atoms with Gasteiger partial charge in [0.05, 0.1) is 16.6 Å². The van der Waals surface area contributed by atoms with Gasteiger partial charge in [0.2, 0.25) is 5.91 Å². The monoisotopic (exact) mass is 419 g/mol. The van der Waals surface area contributed by atoms with E-state index in [1.54, 1.807) is 30.3 Å². The Balaban J connectivity index is 1.69. The molecule has 4 nitrogen and oxygen atoms in total. The van der Waals surface area contributed by atoms with Crippen LogP contribution in [-0.2, 0) is 15.0 Å². The maximum atomic E-state index is 12.6. The average molecular weight is 420 g/mol. The van der Waals surface area contributed by atoms with Gasteiger partial charge in [-0.2, -0.15) is 0 Å². The van der Waals surface area contributed by atoms with E-state index < -0.39 is 11.9 Å². The Morgan fingerprint density at radius 2 is 1.86 bits per heavy atom. The number of anilines is 1. The largest absolute Gasteiger partial charge is 0.426 e. The summed E-state index contributed by atoms with van der Waals surface area (Å²) < 4.78 is 5.51. The van der Waals surface area contributed by atoms with Gasteiger partial charge < -0.3 is 9.64 Å². The highest BCUT2D eigenvalue weighted by atomic mass is 35.5. The third-order valence-corrected chi connectivity index (χ3v) is 5.95. The Bertz CT molecular complexity index is 893. The van der Waals surface area contributed by atoms with Crippen LogP contribution in [0.2, 0.25) is 10.0 Å². The van der Waals surface area contributed by atoms with Crippen molar-refractivity contribution in [2.24, 2.45) is 5.92 Å². The van der Waals surface area contributed by atoms with Crippen LogP contribution in [0.5, 0.6) is 5.75 Å². The molecule has 0 bridgehead atoms. The fourth-order valence-electron chi connectivity index (χ4n) is 3.17. The third-order valence-electron chi connectivity index (χ3n) is 5.40. The molecule has 1 aliphatic rings. The van der Waals surface area contributed by atoms with Crippen LogP contribution in [0.25, 0.3) is 0 Å². The molecular formula is C22H23Cl2NO3. The van der Waals surface area contributed by atoms with E-state index >= 15 is 0 Å². The van der Waals surface area contributed by atoms with Crippen molar-refractivity contribution >= 4 is 40.8 Å². The van der Waals surface area contributed by atoms with Crippen LogP contribution >= 0.6 is 23.2 Å². The van der Waals surface area contributed by atoms with E-state index in [2.05, 4.69) is 20.8 Å². The molecule has 1 amide bonds. The van der Waals surface area contributed by atoms with Gasteiger partial charge in [0, 0.05) is 18.0 Å². The van der Waals surface area contributed by atoms with Crippen molar-refractivity contribution in [3.8, 4) is 5.75 Å². The summed E-state index contributed by atoms with van der Waals surface area (Å²) in [5.74, 6) is -0.663. The summed E-state index contributed by atoms with van der Waals surface area (Å²) >= 11 is 12.2. The van der Waals surface area contributed by atoms with Gasteiger partial charge in [-0.15, -0.1) is 0 Å². The first kappa shape index (κ1) is 20.7. The summed E-state index contributed by atoms with van der Waals surface area (Å²) in [4.78, 5) is 26.5. The molecule has 0 aliphatic carbocycles. The highest BCUT2D eigenvalue weighted by Crippen LogP contribution is 2.34. The molecule has 2 aromatic carbocycles. The fraction of sp³-hybridized carbons (Fsp3) is 0.364. The lowest BCUT2D eigenvalue weighted by atomic mass is 9.82. The summed E-state index contributed by atoms with van der Waals surface area (Å²) in [6.07, 6.45) is 1.10.